The number of rotatable bonds is 6. The van der Waals surface area contributed by atoms with Crippen LogP contribution in [-0.4, -0.2) is 54.3 Å². The lowest BCUT2D eigenvalue weighted by molar-refractivity contribution is -0.0679. The molecule has 0 radical (unpaired) electrons. The smallest absolute Gasteiger partial charge is 0.321 e. The van der Waals surface area contributed by atoms with E-state index in [0.29, 0.717) is 11.7 Å². The van der Waals surface area contributed by atoms with Gasteiger partial charge in [0.25, 0.3) is 0 Å². The molecule has 2 atom stereocenters. The summed E-state index contributed by atoms with van der Waals surface area (Å²) in [5.41, 5.74) is 1.92. The standard InChI is InChI=1S/C19H26N4O2S/c1-14-11-23(12-15(2)25-14)10-6-9-20-18(24)22-19-21-17(13-26-19)16-7-4-3-5-8-16/h3-5,7-8,13-15H,6,9-12H2,1-2H3,(H2,20,21,22,24). The van der Waals surface area contributed by atoms with E-state index in [1.165, 1.54) is 11.3 Å². The molecule has 1 aliphatic heterocycles. The van der Waals surface area contributed by atoms with Crippen molar-refractivity contribution in [3.05, 3.63) is 35.7 Å². The third-order valence-electron chi connectivity index (χ3n) is 4.23. The molecule has 26 heavy (non-hydrogen) atoms. The monoisotopic (exact) mass is 374 g/mol. The van der Waals surface area contributed by atoms with E-state index in [1.807, 2.05) is 35.7 Å². The molecule has 7 heteroatoms. The van der Waals surface area contributed by atoms with Crippen molar-refractivity contribution in [2.75, 3.05) is 31.5 Å². The summed E-state index contributed by atoms with van der Waals surface area (Å²) in [5.74, 6) is 0. The van der Waals surface area contributed by atoms with Gasteiger partial charge in [-0.2, -0.15) is 0 Å². The highest BCUT2D eigenvalue weighted by molar-refractivity contribution is 7.14. The van der Waals surface area contributed by atoms with Crippen molar-refractivity contribution >= 4 is 22.5 Å². The van der Waals surface area contributed by atoms with Crippen LogP contribution in [0.15, 0.2) is 35.7 Å². The number of hydrogen-bond acceptors (Lipinski definition) is 5. The van der Waals surface area contributed by atoms with Crippen molar-refractivity contribution in [3.8, 4) is 11.3 Å². The molecule has 1 aliphatic rings. The van der Waals surface area contributed by atoms with Crippen LogP contribution in [0.25, 0.3) is 11.3 Å². The van der Waals surface area contributed by atoms with Crippen molar-refractivity contribution < 1.29 is 9.53 Å². The van der Waals surface area contributed by atoms with Crippen LogP contribution in [0, 0.1) is 0 Å². The summed E-state index contributed by atoms with van der Waals surface area (Å²) in [6.07, 6.45) is 1.47. The molecule has 2 amide bonds. The third kappa shape index (κ3) is 5.52. The minimum atomic E-state index is -0.206. The molecule has 1 aromatic carbocycles. The summed E-state index contributed by atoms with van der Waals surface area (Å²) >= 11 is 1.43. The summed E-state index contributed by atoms with van der Waals surface area (Å²) in [4.78, 5) is 18.9. The number of ether oxygens (including phenoxy) is 1. The van der Waals surface area contributed by atoms with Gasteiger partial charge in [0.1, 0.15) is 0 Å². The third-order valence-corrected chi connectivity index (χ3v) is 4.98. The molecule has 0 bridgehead atoms. The molecule has 2 aromatic rings. The lowest BCUT2D eigenvalue weighted by atomic mass is 10.2. The Morgan fingerprint density at radius 1 is 1.27 bits per heavy atom. The van der Waals surface area contributed by atoms with Gasteiger partial charge in [0.05, 0.1) is 17.9 Å². The molecular formula is C19H26N4O2S. The second-order valence-corrected chi connectivity index (χ2v) is 7.51. The highest BCUT2D eigenvalue weighted by Gasteiger charge is 2.21. The number of amides is 2. The van der Waals surface area contributed by atoms with E-state index in [9.17, 15) is 4.79 Å². The number of carbonyl (C=O) groups is 1. The molecule has 0 aliphatic carbocycles. The fourth-order valence-corrected chi connectivity index (χ4v) is 3.90. The van der Waals surface area contributed by atoms with Gasteiger partial charge in [-0.15, -0.1) is 11.3 Å². The highest BCUT2D eigenvalue weighted by atomic mass is 32.1. The first-order valence-electron chi connectivity index (χ1n) is 9.04. The Morgan fingerprint density at radius 3 is 2.73 bits per heavy atom. The van der Waals surface area contributed by atoms with Gasteiger partial charge in [0.2, 0.25) is 0 Å². The number of nitrogens with one attached hydrogen (secondary N) is 2. The summed E-state index contributed by atoms with van der Waals surface area (Å²) in [5, 5.41) is 8.27. The number of urea groups is 1. The molecule has 0 saturated carbocycles. The molecular weight excluding hydrogens is 348 g/mol. The second kappa shape index (κ2) is 9.12. The van der Waals surface area contributed by atoms with Crippen molar-refractivity contribution in [2.24, 2.45) is 0 Å². The van der Waals surface area contributed by atoms with Gasteiger partial charge in [-0.3, -0.25) is 10.2 Å². The fourth-order valence-electron chi connectivity index (χ4n) is 3.19. The van der Waals surface area contributed by atoms with E-state index in [0.717, 1.165) is 37.3 Å². The van der Waals surface area contributed by atoms with E-state index >= 15 is 0 Å². The molecule has 2 unspecified atom stereocenters. The quantitative estimate of drug-likeness (QED) is 0.760. The van der Waals surface area contributed by atoms with Crippen molar-refractivity contribution in [1.82, 2.24) is 15.2 Å². The van der Waals surface area contributed by atoms with Crippen molar-refractivity contribution in [3.63, 3.8) is 0 Å². The molecule has 140 valence electrons. The maximum Gasteiger partial charge on any atom is 0.321 e. The van der Waals surface area contributed by atoms with E-state index in [-0.39, 0.29) is 18.2 Å². The second-order valence-electron chi connectivity index (χ2n) is 6.66. The topological polar surface area (TPSA) is 66.5 Å². The predicted molar refractivity (Wildman–Crippen MR) is 106 cm³/mol. The Morgan fingerprint density at radius 2 is 2.00 bits per heavy atom. The van der Waals surface area contributed by atoms with Gasteiger partial charge >= 0.3 is 6.03 Å². The lowest BCUT2D eigenvalue weighted by Crippen LogP contribution is -2.46. The summed E-state index contributed by atoms with van der Waals surface area (Å²) < 4.78 is 5.73. The van der Waals surface area contributed by atoms with Gasteiger partial charge in [0.15, 0.2) is 5.13 Å². The zero-order valence-electron chi connectivity index (χ0n) is 15.3. The fraction of sp³-hybridized carbons (Fsp3) is 0.474. The zero-order chi connectivity index (χ0) is 18.4. The average Bonchev–Trinajstić information content (AvgIpc) is 3.07. The number of morpholine rings is 1. The minimum Gasteiger partial charge on any atom is -0.373 e. The van der Waals surface area contributed by atoms with Gasteiger partial charge in [-0.1, -0.05) is 30.3 Å². The van der Waals surface area contributed by atoms with Gasteiger partial charge in [-0.05, 0) is 20.3 Å². The van der Waals surface area contributed by atoms with Gasteiger partial charge in [0, 0.05) is 37.1 Å². The minimum absolute atomic E-state index is 0.206. The molecule has 0 spiro atoms. The van der Waals surface area contributed by atoms with Crippen molar-refractivity contribution in [2.45, 2.75) is 32.5 Å². The summed E-state index contributed by atoms with van der Waals surface area (Å²) in [6, 6.07) is 9.73. The van der Waals surface area contributed by atoms with Gasteiger partial charge in [-0.25, -0.2) is 9.78 Å². The number of anilines is 1. The normalized spacial score (nSPS) is 20.7. The Balaban J connectivity index is 1.37. The first kappa shape index (κ1) is 18.8. The average molecular weight is 375 g/mol. The van der Waals surface area contributed by atoms with E-state index < -0.39 is 0 Å². The van der Waals surface area contributed by atoms with E-state index in [1.54, 1.807) is 0 Å². The van der Waals surface area contributed by atoms with Crippen LogP contribution in [0.1, 0.15) is 20.3 Å². The Bertz CT molecular complexity index is 697. The first-order chi connectivity index (χ1) is 12.6. The van der Waals surface area contributed by atoms with Crippen LogP contribution >= 0.6 is 11.3 Å². The van der Waals surface area contributed by atoms with E-state index in [4.69, 9.17) is 4.74 Å². The SMILES string of the molecule is CC1CN(CCCNC(=O)Nc2nc(-c3ccccc3)cs2)CC(C)O1. The zero-order valence-corrected chi connectivity index (χ0v) is 16.1. The predicted octanol–water partition coefficient (Wildman–Crippen LogP) is 3.43. The van der Waals surface area contributed by atoms with Crippen LogP contribution in [0.5, 0.6) is 0 Å². The maximum absolute atomic E-state index is 12.0. The Labute approximate surface area is 158 Å². The molecule has 2 heterocycles. The van der Waals surface area contributed by atoms with Crippen LogP contribution in [0.2, 0.25) is 0 Å². The lowest BCUT2D eigenvalue weighted by Gasteiger charge is -2.35. The van der Waals surface area contributed by atoms with Gasteiger partial charge < -0.3 is 10.1 Å². The number of thiazole rings is 1. The molecule has 6 nitrogen and oxygen atoms in total. The largest absolute Gasteiger partial charge is 0.373 e. The molecule has 1 fully saturated rings. The molecule has 2 N–H and O–H groups in total. The number of benzene rings is 1. The highest BCUT2D eigenvalue weighted by Crippen LogP contribution is 2.24. The number of aromatic nitrogens is 1. The van der Waals surface area contributed by atoms with E-state index in [2.05, 4.69) is 34.4 Å². The van der Waals surface area contributed by atoms with Crippen LogP contribution in [-0.2, 0) is 4.74 Å². The van der Waals surface area contributed by atoms with Crippen LogP contribution < -0.4 is 10.6 Å². The Kier molecular flexibility index (Phi) is 6.60. The number of nitrogens with zero attached hydrogens (tertiary/aromatic N) is 2. The number of carbonyl (C=O) groups excluding carboxylic acids is 1. The Hall–Kier alpha value is -1.96. The molecule has 1 aromatic heterocycles. The first-order valence-corrected chi connectivity index (χ1v) is 9.92. The summed E-state index contributed by atoms with van der Waals surface area (Å²) in [6.45, 7) is 7.73. The van der Waals surface area contributed by atoms with Crippen LogP contribution in [0.4, 0.5) is 9.93 Å². The van der Waals surface area contributed by atoms with Crippen LogP contribution in [0.3, 0.4) is 0 Å². The molecule has 1 saturated heterocycles. The maximum atomic E-state index is 12.0. The number of hydrogen-bond donors (Lipinski definition) is 2. The van der Waals surface area contributed by atoms with Crippen molar-refractivity contribution in [1.29, 1.82) is 0 Å². The molecule has 3 rings (SSSR count). The summed E-state index contributed by atoms with van der Waals surface area (Å²) in [7, 11) is 0.